The number of ether oxygens (including phenoxy) is 2. The average Bonchev–Trinajstić information content (AvgIpc) is 3.06. The minimum absolute atomic E-state index is 0.101. The largest absolute Gasteiger partial charge is 0.481 e. The molecule has 0 radical (unpaired) electrons. The first-order chi connectivity index (χ1) is 13.7. The van der Waals surface area contributed by atoms with E-state index in [1.807, 2.05) is 42.5 Å². The molecule has 0 aliphatic carbocycles. The Morgan fingerprint density at radius 3 is 2.68 bits per heavy atom. The number of hydrogen-bond acceptors (Lipinski definition) is 7. The molecule has 0 saturated heterocycles. The van der Waals surface area contributed by atoms with Gasteiger partial charge in [-0.2, -0.15) is 0 Å². The Bertz CT molecular complexity index is 910. The molecule has 1 heterocycles. The molecule has 7 heteroatoms. The summed E-state index contributed by atoms with van der Waals surface area (Å²) >= 11 is 2.67. The Morgan fingerprint density at radius 2 is 1.89 bits per heavy atom. The van der Waals surface area contributed by atoms with Gasteiger partial charge in [-0.1, -0.05) is 60.3 Å². The Labute approximate surface area is 172 Å². The van der Waals surface area contributed by atoms with Crippen LogP contribution in [0.15, 0.2) is 65.3 Å². The second-order valence-electron chi connectivity index (χ2n) is 5.70. The fraction of sp³-hybridized carbons (Fsp3) is 0.190. The molecule has 5 nitrogen and oxygen atoms in total. The summed E-state index contributed by atoms with van der Waals surface area (Å²) in [6, 6.07) is 17.2. The maximum atomic E-state index is 12.3. The number of para-hydroxylation sites is 1. The maximum Gasteiger partial charge on any atom is 0.344 e. The Balaban J connectivity index is 1.69. The number of esters is 1. The first-order valence-corrected chi connectivity index (χ1v) is 10.5. The Morgan fingerprint density at radius 1 is 1.14 bits per heavy atom. The number of hydrogen-bond donors (Lipinski definition) is 0. The smallest absolute Gasteiger partial charge is 0.344 e. The van der Waals surface area contributed by atoms with Crippen molar-refractivity contribution in [3.05, 3.63) is 71.4 Å². The molecule has 0 spiro atoms. The van der Waals surface area contributed by atoms with Crippen LogP contribution in [0, 0.1) is 0 Å². The van der Waals surface area contributed by atoms with Crippen LogP contribution < -0.4 is 4.74 Å². The number of carbonyl (C=O) groups is 2. The molecule has 2 aromatic carbocycles. The third-order valence-electron chi connectivity index (χ3n) is 3.67. The lowest BCUT2D eigenvalue weighted by Crippen LogP contribution is -2.14. The third kappa shape index (κ3) is 5.74. The number of nitrogens with zero attached hydrogens (tertiary/aromatic N) is 1. The van der Waals surface area contributed by atoms with Crippen LogP contribution in [0.1, 0.15) is 18.1 Å². The van der Waals surface area contributed by atoms with Crippen molar-refractivity contribution in [3.63, 3.8) is 0 Å². The van der Waals surface area contributed by atoms with E-state index in [0.717, 1.165) is 21.9 Å². The molecule has 0 atom stereocenters. The predicted molar refractivity (Wildman–Crippen MR) is 114 cm³/mol. The van der Waals surface area contributed by atoms with Crippen molar-refractivity contribution in [2.45, 2.75) is 12.7 Å². The second kappa shape index (κ2) is 10.1. The van der Waals surface area contributed by atoms with Gasteiger partial charge in [-0.15, -0.1) is 0 Å². The van der Waals surface area contributed by atoms with E-state index in [2.05, 4.69) is 4.99 Å². The highest BCUT2D eigenvalue weighted by atomic mass is 32.2. The van der Waals surface area contributed by atoms with Crippen molar-refractivity contribution >= 4 is 45.1 Å². The molecule has 0 saturated carbocycles. The second-order valence-corrected chi connectivity index (χ2v) is 7.89. The molecule has 28 heavy (non-hydrogen) atoms. The van der Waals surface area contributed by atoms with Gasteiger partial charge >= 0.3 is 5.97 Å². The molecule has 0 N–H and O–H groups in total. The van der Waals surface area contributed by atoms with Crippen LogP contribution in [0.3, 0.4) is 0 Å². The van der Waals surface area contributed by atoms with Gasteiger partial charge in [0.05, 0.1) is 6.61 Å². The summed E-state index contributed by atoms with van der Waals surface area (Å²) < 4.78 is 11.1. The predicted octanol–water partition coefficient (Wildman–Crippen LogP) is 4.53. The van der Waals surface area contributed by atoms with Crippen molar-refractivity contribution in [2.24, 2.45) is 4.99 Å². The molecule has 3 rings (SSSR count). The van der Waals surface area contributed by atoms with Gasteiger partial charge in [-0.25, -0.2) is 9.79 Å². The zero-order chi connectivity index (χ0) is 19.8. The lowest BCUT2D eigenvalue weighted by atomic mass is 10.1. The van der Waals surface area contributed by atoms with Gasteiger partial charge in [0.2, 0.25) is 5.12 Å². The lowest BCUT2D eigenvalue weighted by molar-refractivity contribution is -0.145. The van der Waals surface area contributed by atoms with E-state index >= 15 is 0 Å². The molecule has 1 aliphatic rings. The molecule has 0 amide bonds. The van der Waals surface area contributed by atoms with E-state index in [1.165, 1.54) is 17.3 Å². The number of benzene rings is 2. The summed E-state index contributed by atoms with van der Waals surface area (Å²) in [5, 5.41) is -0.101. The van der Waals surface area contributed by atoms with Gasteiger partial charge in [0, 0.05) is 11.3 Å². The number of carbonyl (C=O) groups excluding carboxylic acids is 2. The van der Waals surface area contributed by atoms with E-state index in [9.17, 15) is 9.59 Å². The SMILES string of the molecule is CCOC(=O)COc1ccccc1/C=C1/N=C(SCc2ccccc2)SC1=O. The zero-order valence-electron chi connectivity index (χ0n) is 15.3. The van der Waals surface area contributed by atoms with Gasteiger partial charge < -0.3 is 9.47 Å². The first kappa shape index (κ1) is 20.2. The average molecular weight is 414 g/mol. The molecule has 2 aromatic rings. The molecule has 144 valence electrons. The van der Waals surface area contributed by atoms with Gasteiger partial charge in [0.15, 0.2) is 6.61 Å². The van der Waals surface area contributed by atoms with Crippen molar-refractivity contribution < 1.29 is 19.1 Å². The van der Waals surface area contributed by atoms with Crippen molar-refractivity contribution in [1.29, 1.82) is 0 Å². The monoisotopic (exact) mass is 413 g/mol. The summed E-state index contributed by atoms with van der Waals surface area (Å²) in [5.41, 5.74) is 2.24. The van der Waals surface area contributed by atoms with E-state index in [-0.39, 0.29) is 11.7 Å². The van der Waals surface area contributed by atoms with Crippen LogP contribution in [0.4, 0.5) is 0 Å². The van der Waals surface area contributed by atoms with E-state index < -0.39 is 5.97 Å². The normalized spacial score (nSPS) is 14.8. The van der Waals surface area contributed by atoms with Crippen LogP contribution in [-0.2, 0) is 20.1 Å². The summed E-state index contributed by atoms with van der Waals surface area (Å²) in [4.78, 5) is 28.3. The number of aliphatic imine (C=N–C) groups is 1. The van der Waals surface area contributed by atoms with Gasteiger partial charge in [0.1, 0.15) is 15.8 Å². The topological polar surface area (TPSA) is 65.0 Å². The molecule has 0 bridgehead atoms. The van der Waals surface area contributed by atoms with Crippen LogP contribution >= 0.6 is 23.5 Å². The van der Waals surface area contributed by atoms with Crippen LogP contribution in [-0.4, -0.2) is 28.7 Å². The summed E-state index contributed by atoms with van der Waals surface area (Å²) in [6.07, 6.45) is 1.69. The van der Waals surface area contributed by atoms with Gasteiger partial charge in [0.25, 0.3) is 0 Å². The van der Waals surface area contributed by atoms with Crippen molar-refractivity contribution in [3.8, 4) is 5.75 Å². The fourth-order valence-electron chi connectivity index (χ4n) is 2.39. The molecule has 0 aromatic heterocycles. The lowest BCUT2D eigenvalue weighted by Gasteiger charge is -2.08. The van der Waals surface area contributed by atoms with Crippen LogP contribution in [0.2, 0.25) is 0 Å². The molecular formula is C21H19NO4S2. The zero-order valence-corrected chi connectivity index (χ0v) is 16.9. The molecule has 0 fully saturated rings. The highest BCUT2D eigenvalue weighted by Crippen LogP contribution is 2.33. The Kier molecular flexibility index (Phi) is 7.33. The van der Waals surface area contributed by atoms with E-state index in [1.54, 1.807) is 25.1 Å². The fourth-order valence-corrected chi connectivity index (χ4v) is 4.19. The van der Waals surface area contributed by atoms with Crippen LogP contribution in [0.25, 0.3) is 6.08 Å². The summed E-state index contributed by atoms with van der Waals surface area (Å²) in [6.45, 7) is 1.86. The first-order valence-electron chi connectivity index (χ1n) is 8.72. The van der Waals surface area contributed by atoms with E-state index in [0.29, 0.717) is 23.6 Å². The number of thioether (sulfide) groups is 2. The quantitative estimate of drug-likeness (QED) is 0.491. The highest BCUT2D eigenvalue weighted by Gasteiger charge is 2.23. The molecule has 1 aliphatic heterocycles. The molecule has 0 unspecified atom stereocenters. The summed E-state index contributed by atoms with van der Waals surface area (Å²) in [7, 11) is 0. The maximum absolute atomic E-state index is 12.3. The van der Waals surface area contributed by atoms with Gasteiger partial charge in [-0.3, -0.25) is 4.79 Å². The standard InChI is InChI=1S/C21H19NO4S2/c1-2-25-19(23)13-26-18-11-7-6-10-16(18)12-17-20(24)28-21(22-17)27-14-15-8-4-3-5-9-15/h3-12H,2,13-14H2,1H3/b17-12+. The summed E-state index contributed by atoms with van der Waals surface area (Å²) in [5.74, 6) is 0.823. The van der Waals surface area contributed by atoms with Crippen LogP contribution in [0.5, 0.6) is 5.75 Å². The molecular weight excluding hydrogens is 394 g/mol. The number of rotatable bonds is 7. The minimum atomic E-state index is -0.435. The highest BCUT2D eigenvalue weighted by molar-refractivity contribution is 8.45. The van der Waals surface area contributed by atoms with E-state index in [4.69, 9.17) is 9.47 Å². The third-order valence-corrected chi connectivity index (χ3v) is 5.75. The van der Waals surface area contributed by atoms with Crippen molar-refractivity contribution in [2.75, 3.05) is 13.2 Å². The van der Waals surface area contributed by atoms with Gasteiger partial charge in [-0.05, 0) is 36.4 Å². The van der Waals surface area contributed by atoms with Crippen molar-refractivity contribution in [1.82, 2.24) is 0 Å². The minimum Gasteiger partial charge on any atom is -0.481 e. The Hall–Kier alpha value is -2.51.